The van der Waals surface area contributed by atoms with E-state index in [1.807, 2.05) is 20.9 Å². The predicted molar refractivity (Wildman–Crippen MR) is 73.4 cm³/mol. The maximum absolute atomic E-state index is 13.6. The number of benzene rings is 1. The maximum atomic E-state index is 13.6. The highest BCUT2D eigenvalue weighted by molar-refractivity contribution is 5.25. The lowest BCUT2D eigenvalue weighted by molar-refractivity contribution is 0.573. The van der Waals surface area contributed by atoms with Crippen molar-refractivity contribution in [2.75, 3.05) is 7.05 Å². The van der Waals surface area contributed by atoms with Gasteiger partial charge in [-0.2, -0.15) is 0 Å². The van der Waals surface area contributed by atoms with E-state index in [2.05, 4.69) is 15.3 Å². The highest BCUT2D eigenvalue weighted by atomic mass is 19.1. The van der Waals surface area contributed by atoms with Crippen LogP contribution in [0.25, 0.3) is 0 Å². The first-order valence-corrected chi connectivity index (χ1v) is 6.45. The van der Waals surface area contributed by atoms with Gasteiger partial charge >= 0.3 is 0 Å². The Morgan fingerprint density at radius 2 is 2.05 bits per heavy atom. The van der Waals surface area contributed by atoms with Crippen molar-refractivity contribution in [1.29, 1.82) is 0 Å². The first kappa shape index (κ1) is 14.5. The molecule has 1 aromatic heterocycles. The molecule has 0 aliphatic rings. The van der Waals surface area contributed by atoms with E-state index in [0.29, 0.717) is 11.4 Å². The van der Waals surface area contributed by atoms with Crippen LogP contribution in [0.3, 0.4) is 0 Å². The van der Waals surface area contributed by atoms with E-state index in [1.54, 1.807) is 6.20 Å². The molecule has 20 heavy (non-hydrogen) atoms. The quantitative estimate of drug-likeness (QED) is 0.933. The van der Waals surface area contributed by atoms with Crippen LogP contribution in [0.4, 0.5) is 8.78 Å². The molecule has 106 valence electrons. The molecule has 1 atom stereocenters. The van der Waals surface area contributed by atoms with Crippen LogP contribution < -0.4 is 5.32 Å². The van der Waals surface area contributed by atoms with Gasteiger partial charge in [-0.25, -0.2) is 18.7 Å². The number of nitrogens with zero attached hydrogens (tertiary/aromatic N) is 2. The molecule has 1 N–H and O–H groups in total. The second-order valence-corrected chi connectivity index (χ2v) is 4.75. The summed E-state index contributed by atoms with van der Waals surface area (Å²) in [7, 11) is 1.87. The predicted octanol–water partition coefficient (Wildman–Crippen LogP) is 2.93. The molecule has 2 aromatic rings. The van der Waals surface area contributed by atoms with E-state index in [0.717, 1.165) is 17.3 Å². The largest absolute Gasteiger partial charge is 0.313 e. The SMILES string of the molecule is CNC(C)c1cnc(Cc2ccc(F)cc2F)nc1C. The van der Waals surface area contributed by atoms with Crippen LogP contribution in [-0.4, -0.2) is 17.0 Å². The van der Waals surface area contributed by atoms with Crippen LogP contribution in [0, 0.1) is 18.6 Å². The van der Waals surface area contributed by atoms with Crippen molar-refractivity contribution in [2.24, 2.45) is 0 Å². The summed E-state index contributed by atoms with van der Waals surface area (Å²) >= 11 is 0. The number of hydrogen-bond donors (Lipinski definition) is 1. The Morgan fingerprint density at radius 3 is 2.65 bits per heavy atom. The van der Waals surface area contributed by atoms with Crippen molar-refractivity contribution in [3.63, 3.8) is 0 Å². The molecule has 0 aliphatic heterocycles. The van der Waals surface area contributed by atoms with Crippen molar-refractivity contribution >= 4 is 0 Å². The second kappa shape index (κ2) is 6.05. The van der Waals surface area contributed by atoms with E-state index >= 15 is 0 Å². The molecular weight excluding hydrogens is 260 g/mol. The van der Waals surface area contributed by atoms with Gasteiger partial charge in [0.2, 0.25) is 0 Å². The van der Waals surface area contributed by atoms with Crippen molar-refractivity contribution in [3.8, 4) is 0 Å². The van der Waals surface area contributed by atoms with Crippen LogP contribution in [-0.2, 0) is 6.42 Å². The lowest BCUT2D eigenvalue weighted by atomic mass is 10.1. The summed E-state index contributed by atoms with van der Waals surface area (Å²) in [6.07, 6.45) is 2.00. The fourth-order valence-corrected chi connectivity index (χ4v) is 2.03. The zero-order chi connectivity index (χ0) is 14.7. The highest BCUT2D eigenvalue weighted by Crippen LogP contribution is 2.16. The Kier molecular flexibility index (Phi) is 4.39. The van der Waals surface area contributed by atoms with Crippen LogP contribution in [0.1, 0.15) is 35.6 Å². The molecule has 1 aromatic carbocycles. The topological polar surface area (TPSA) is 37.8 Å². The molecule has 0 spiro atoms. The summed E-state index contributed by atoms with van der Waals surface area (Å²) in [6.45, 7) is 3.92. The van der Waals surface area contributed by atoms with E-state index in [4.69, 9.17) is 0 Å². The minimum atomic E-state index is -0.582. The summed E-state index contributed by atoms with van der Waals surface area (Å²) in [5, 5.41) is 3.12. The van der Waals surface area contributed by atoms with Crippen LogP contribution in [0.15, 0.2) is 24.4 Å². The third-order valence-electron chi connectivity index (χ3n) is 3.33. The second-order valence-electron chi connectivity index (χ2n) is 4.75. The standard InChI is InChI=1S/C15H17F2N3/c1-9(18-3)13-8-19-15(20-10(13)2)6-11-4-5-12(16)7-14(11)17/h4-5,7-9,18H,6H2,1-3H3. The summed E-state index contributed by atoms with van der Waals surface area (Å²) < 4.78 is 26.4. The highest BCUT2D eigenvalue weighted by Gasteiger charge is 2.11. The number of rotatable bonds is 4. The Balaban J connectivity index is 2.24. The number of aromatic nitrogens is 2. The van der Waals surface area contributed by atoms with Crippen molar-refractivity contribution in [1.82, 2.24) is 15.3 Å². The Morgan fingerprint density at radius 1 is 1.30 bits per heavy atom. The molecule has 0 aliphatic carbocycles. The smallest absolute Gasteiger partial charge is 0.133 e. The number of aryl methyl sites for hydroxylation is 1. The van der Waals surface area contributed by atoms with Crippen molar-refractivity contribution < 1.29 is 8.78 Å². The lowest BCUT2D eigenvalue weighted by Gasteiger charge is -2.13. The maximum Gasteiger partial charge on any atom is 0.133 e. The molecule has 0 amide bonds. The summed E-state index contributed by atoms with van der Waals surface area (Å²) in [6, 6.07) is 3.70. The van der Waals surface area contributed by atoms with E-state index in [9.17, 15) is 8.78 Å². The van der Waals surface area contributed by atoms with Crippen LogP contribution in [0.2, 0.25) is 0 Å². The van der Waals surface area contributed by atoms with Gasteiger partial charge in [-0.3, -0.25) is 0 Å². The normalized spacial score (nSPS) is 12.4. The Bertz CT molecular complexity index is 614. The Hall–Kier alpha value is -1.88. The first-order chi connectivity index (χ1) is 9.51. The molecule has 0 radical (unpaired) electrons. The van der Waals surface area contributed by atoms with Crippen molar-refractivity contribution in [3.05, 3.63) is 58.7 Å². The lowest BCUT2D eigenvalue weighted by Crippen LogP contribution is -2.15. The molecular formula is C15H17F2N3. The fourth-order valence-electron chi connectivity index (χ4n) is 2.03. The minimum absolute atomic E-state index is 0.159. The monoisotopic (exact) mass is 277 g/mol. The van der Waals surface area contributed by atoms with Gasteiger partial charge in [0.05, 0.1) is 0 Å². The zero-order valence-corrected chi connectivity index (χ0v) is 11.7. The van der Waals surface area contributed by atoms with Gasteiger partial charge in [0.25, 0.3) is 0 Å². The molecule has 0 fully saturated rings. The van der Waals surface area contributed by atoms with E-state index in [1.165, 1.54) is 12.1 Å². The van der Waals surface area contributed by atoms with Gasteiger partial charge in [-0.15, -0.1) is 0 Å². The fraction of sp³-hybridized carbons (Fsp3) is 0.333. The van der Waals surface area contributed by atoms with Gasteiger partial charge in [-0.1, -0.05) is 6.07 Å². The summed E-state index contributed by atoms with van der Waals surface area (Å²) in [5.74, 6) is -0.625. The van der Waals surface area contributed by atoms with Gasteiger partial charge in [0, 0.05) is 36.0 Å². The average molecular weight is 277 g/mol. The molecule has 3 nitrogen and oxygen atoms in total. The number of hydrogen-bond acceptors (Lipinski definition) is 3. The minimum Gasteiger partial charge on any atom is -0.313 e. The molecule has 0 saturated heterocycles. The summed E-state index contributed by atoms with van der Waals surface area (Å²) in [5.41, 5.74) is 2.26. The van der Waals surface area contributed by atoms with E-state index < -0.39 is 11.6 Å². The zero-order valence-electron chi connectivity index (χ0n) is 11.7. The van der Waals surface area contributed by atoms with Gasteiger partial charge in [0.15, 0.2) is 0 Å². The molecule has 2 rings (SSSR count). The van der Waals surface area contributed by atoms with Gasteiger partial charge in [-0.05, 0) is 32.5 Å². The third-order valence-corrected chi connectivity index (χ3v) is 3.33. The molecule has 0 saturated carbocycles. The van der Waals surface area contributed by atoms with Gasteiger partial charge in [0.1, 0.15) is 17.5 Å². The number of nitrogens with one attached hydrogen (secondary N) is 1. The van der Waals surface area contributed by atoms with Crippen LogP contribution >= 0.6 is 0 Å². The molecule has 5 heteroatoms. The van der Waals surface area contributed by atoms with Gasteiger partial charge < -0.3 is 5.32 Å². The summed E-state index contributed by atoms with van der Waals surface area (Å²) in [4.78, 5) is 8.65. The molecule has 1 heterocycles. The molecule has 1 unspecified atom stereocenters. The Labute approximate surface area is 117 Å². The third kappa shape index (κ3) is 3.17. The van der Waals surface area contributed by atoms with Crippen molar-refractivity contribution in [2.45, 2.75) is 26.3 Å². The average Bonchev–Trinajstić information content (AvgIpc) is 2.41. The van der Waals surface area contributed by atoms with E-state index in [-0.39, 0.29) is 12.5 Å². The van der Waals surface area contributed by atoms with Crippen LogP contribution in [0.5, 0.6) is 0 Å². The first-order valence-electron chi connectivity index (χ1n) is 6.45. The number of halogens is 2. The molecule has 0 bridgehead atoms.